The Morgan fingerprint density at radius 2 is 2.25 bits per heavy atom. The van der Waals surface area contributed by atoms with Gasteiger partial charge in [0.1, 0.15) is 5.01 Å². The van der Waals surface area contributed by atoms with Gasteiger partial charge in [-0.1, -0.05) is 0 Å². The second-order valence-electron chi connectivity index (χ2n) is 4.52. The van der Waals surface area contributed by atoms with Gasteiger partial charge in [-0.2, -0.15) is 5.10 Å². The summed E-state index contributed by atoms with van der Waals surface area (Å²) in [4.78, 5) is 8.59. The van der Waals surface area contributed by atoms with Crippen LogP contribution >= 0.6 is 11.3 Å². The first-order valence-electron chi connectivity index (χ1n) is 6.52. The van der Waals surface area contributed by atoms with Crippen molar-refractivity contribution in [1.82, 2.24) is 25.4 Å². The van der Waals surface area contributed by atoms with Gasteiger partial charge in [0.25, 0.3) is 0 Å². The molecule has 0 radical (unpaired) electrons. The van der Waals surface area contributed by atoms with E-state index in [1.54, 1.807) is 18.4 Å². The quantitative estimate of drug-likeness (QED) is 0.644. The molecule has 0 atom stereocenters. The van der Waals surface area contributed by atoms with Crippen LogP contribution in [0.15, 0.2) is 22.8 Å². The van der Waals surface area contributed by atoms with E-state index in [1.165, 1.54) is 5.56 Å². The Morgan fingerprint density at radius 3 is 2.85 bits per heavy atom. The van der Waals surface area contributed by atoms with Crippen molar-refractivity contribution in [2.45, 2.75) is 26.9 Å². The van der Waals surface area contributed by atoms with Gasteiger partial charge in [-0.05, 0) is 19.4 Å². The van der Waals surface area contributed by atoms with E-state index < -0.39 is 0 Å². The SMILES string of the molecule is CN=C(NCCn1cc(C)cn1)NCc1nc(C)cs1. The highest BCUT2D eigenvalue weighted by Gasteiger charge is 2.01. The summed E-state index contributed by atoms with van der Waals surface area (Å²) in [5.74, 6) is 0.779. The van der Waals surface area contributed by atoms with Gasteiger partial charge >= 0.3 is 0 Å². The van der Waals surface area contributed by atoms with Gasteiger partial charge in [-0.25, -0.2) is 4.98 Å². The van der Waals surface area contributed by atoms with E-state index in [4.69, 9.17) is 0 Å². The molecule has 108 valence electrons. The third-order valence-corrected chi connectivity index (χ3v) is 3.66. The molecule has 2 aromatic heterocycles. The third-order valence-electron chi connectivity index (χ3n) is 2.69. The lowest BCUT2D eigenvalue weighted by atomic mass is 10.4. The summed E-state index contributed by atoms with van der Waals surface area (Å²) in [6, 6.07) is 0. The molecule has 2 heterocycles. The lowest BCUT2D eigenvalue weighted by molar-refractivity contribution is 0.597. The average molecular weight is 292 g/mol. The average Bonchev–Trinajstić information content (AvgIpc) is 3.02. The van der Waals surface area contributed by atoms with E-state index in [9.17, 15) is 0 Å². The maximum Gasteiger partial charge on any atom is 0.191 e. The number of hydrogen-bond donors (Lipinski definition) is 2. The van der Waals surface area contributed by atoms with Crippen LogP contribution in [0.1, 0.15) is 16.3 Å². The van der Waals surface area contributed by atoms with Crippen LogP contribution in [0.2, 0.25) is 0 Å². The minimum Gasteiger partial charge on any atom is -0.355 e. The number of aliphatic imine (C=N–C) groups is 1. The predicted octanol–water partition coefficient (Wildman–Crippen LogP) is 1.32. The number of thiazole rings is 1. The van der Waals surface area contributed by atoms with E-state index in [0.717, 1.165) is 29.8 Å². The summed E-state index contributed by atoms with van der Waals surface area (Å²) in [5.41, 5.74) is 2.23. The van der Waals surface area contributed by atoms with Gasteiger partial charge in [0.2, 0.25) is 0 Å². The molecule has 2 N–H and O–H groups in total. The van der Waals surface area contributed by atoms with E-state index >= 15 is 0 Å². The van der Waals surface area contributed by atoms with Crippen LogP contribution in [0.3, 0.4) is 0 Å². The third kappa shape index (κ3) is 4.34. The molecule has 0 saturated carbocycles. The summed E-state index contributed by atoms with van der Waals surface area (Å²) in [6.45, 7) is 6.31. The summed E-state index contributed by atoms with van der Waals surface area (Å²) in [6.07, 6.45) is 3.88. The van der Waals surface area contributed by atoms with Crippen molar-refractivity contribution in [3.05, 3.63) is 34.0 Å². The lowest BCUT2D eigenvalue weighted by Crippen LogP contribution is -2.38. The maximum atomic E-state index is 4.41. The summed E-state index contributed by atoms with van der Waals surface area (Å²) in [7, 11) is 1.76. The summed E-state index contributed by atoms with van der Waals surface area (Å²) in [5, 5.41) is 13.9. The van der Waals surface area contributed by atoms with E-state index in [0.29, 0.717) is 6.54 Å². The molecule has 0 aliphatic heterocycles. The zero-order valence-electron chi connectivity index (χ0n) is 12.1. The molecule has 0 unspecified atom stereocenters. The zero-order chi connectivity index (χ0) is 14.4. The van der Waals surface area contributed by atoms with Crippen molar-refractivity contribution < 1.29 is 0 Å². The molecule has 7 heteroatoms. The monoisotopic (exact) mass is 292 g/mol. The van der Waals surface area contributed by atoms with Gasteiger partial charge in [-0.15, -0.1) is 11.3 Å². The molecular weight excluding hydrogens is 272 g/mol. The smallest absolute Gasteiger partial charge is 0.191 e. The Kier molecular flexibility index (Phi) is 5.11. The first-order chi connectivity index (χ1) is 9.67. The first-order valence-corrected chi connectivity index (χ1v) is 7.40. The number of rotatable bonds is 5. The lowest BCUT2D eigenvalue weighted by Gasteiger charge is -2.10. The fourth-order valence-electron chi connectivity index (χ4n) is 1.74. The second-order valence-corrected chi connectivity index (χ2v) is 5.46. The van der Waals surface area contributed by atoms with Crippen LogP contribution in [0.25, 0.3) is 0 Å². The maximum absolute atomic E-state index is 4.41. The standard InChI is InChI=1S/C13H20N6S/c1-10-6-17-19(8-10)5-4-15-13(14-3)16-7-12-18-11(2)9-20-12/h6,8-9H,4-5,7H2,1-3H3,(H2,14,15,16). The topological polar surface area (TPSA) is 67.1 Å². The Labute approximate surface area is 123 Å². The molecule has 0 aliphatic rings. The highest BCUT2D eigenvalue weighted by atomic mass is 32.1. The number of guanidine groups is 1. The molecule has 0 saturated heterocycles. The summed E-state index contributed by atoms with van der Waals surface area (Å²) < 4.78 is 1.92. The van der Waals surface area contributed by atoms with Crippen LogP contribution in [0.4, 0.5) is 0 Å². The van der Waals surface area contributed by atoms with Gasteiger partial charge in [-0.3, -0.25) is 9.67 Å². The molecule has 0 aromatic carbocycles. The normalized spacial score (nSPS) is 11.7. The zero-order valence-corrected chi connectivity index (χ0v) is 12.9. The van der Waals surface area contributed by atoms with Crippen molar-refractivity contribution in [3.8, 4) is 0 Å². The Balaban J connectivity index is 1.72. The Morgan fingerprint density at radius 1 is 1.40 bits per heavy atom. The van der Waals surface area contributed by atoms with Gasteiger partial charge in [0.15, 0.2) is 5.96 Å². The molecule has 0 aliphatic carbocycles. The molecule has 0 amide bonds. The fraction of sp³-hybridized carbons (Fsp3) is 0.462. The number of aryl methyl sites for hydroxylation is 2. The molecule has 6 nitrogen and oxygen atoms in total. The Bertz CT molecular complexity index is 571. The van der Waals surface area contributed by atoms with Gasteiger partial charge < -0.3 is 10.6 Å². The molecule has 0 bridgehead atoms. The van der Waals surface area contributed by atoms with Crippen LogP contribution in [0, 0.1) is 13.8 Å². The van der Waals surface area contributed by atoms with Crippen LogP contribution in [-0.4, -0.2) is 34.3 Å². The van der Waals surface area contributed by atoms with E-state index in [-0.39, 0.29) is 0 Å². The summed E-state index contributed by atoms with van der Waals surface area (Å²) >= 11 is 1.65. The van der Waals surface area contributed by atoms with Crippen LogP contribution in [-0.2, 0) is 13.1 Å². The van der Waals surface area contributed by atoms with Crippen LogP contribution in [0.5, 0.6) is 0 Å². The minimum absolute atomic E-state index is 0.694. The molecule has 20 heavy (non-hydrogen) atoms. The fourth-order valence-corrected chi connectivity index (χ4v) is 2.45. The largest absolute Gasteiger partial charge is 0.355 e. The van der Waals surface area contributed by atoms with Crippen molar-refractivity contribution in [3.63, 3.8) is 0 Å². The van der Waals surface area contributed by atoms with E-state index in [1.807, 2.05) is 36.3 Å². The Hall–Kier alpha value is -1.89. The van der Waals surface area contributed by atoms with Gasteiger partial charge in [0.05, 0.1) is 19.3 Å². The second kappa shape index (κ2) is 7.04. The molecule has 2 aromatic rings. The number of hydrogen-bond acceptors (Lipinski definition) is 4. The minimum atomic E-state index is 0.694. The number of nitrogens with zero attached hydrogens (tertiary/aromatic N) is 4. The van der Waals surface area contributed by atoms with Crippen molar-refractivity contribution in [2.24, 2.45) is 4.99 Å². The predicted molar refractivity (Wildman–Crippen MR) is 82.0 cm³/mol. The van der Waals surface area contributed by atoms with Crippen LogP contribution < -0.4 is 10.6 Å². The number of nitrogens with one attached hydrogen (secondary N) is 2. The van der Waals surface area contributed by atoms with Crippen molar-refractivity contribution >= 4 is 17.3 Å². The molecule has 0 spiro atoms. The van der Waals surface area contributed by atoms with E-state index in [2.05, 4.69) is 25.7 Å². The van der Waals surface area contributed by atoms with Crippen molar-refractivity contribution in [1.29, 1.82) is 0 Å². The highest BCUT2D eigenvalue weighted by molar-refractivity contribution is 7.09. The first kappa shape index (κ1) is 14.5. The van der Waals surface area contributed by atoms with Crippen molar-refractivity contribution in [2.75, 3.05) is 13.6 Å². The van der Waals surface area contributed by atoms with Gasteiger partial charge in [0, 0.05) is 30.9 Å². The molecule has 0 fully saturated rings. The highest BCUT2D eigenvalue weighted by Crippen LogP contribution is 2.07. The number of aromatic nitrogens is 3. The molecular formula is C13H20N6S. The molecule has 2 rings (SSSR count).